The predicted molar refractivity (Wildman–Crippen MR) is 75.3 cm³/mol. The number of anilines is 1. The molecule has 4 nitrogen and oxygen atoms in total. The number of carbonyl (C=O) groups excluding carboxylic acids is 1. The lowest BCUT2D eigenvalue weighted by molar-refractivity contribution is -0.131. The summed E-state index contributed by atoms with van der Waals surface area (Å²) in [7, 11) is 0. The Balaban J connectivity index is 2.14. The smallest absolute Gasteiger partial charge is 0.328 e. The zero-order valence-corrected chi connectivity index (χ0v) is 11.3. The second-order valence-electron chi connectivity index (χ2n) is 3.99. The van der Waals surface area contributed by atoms with Crippen LogP contribution in [-0.2, 0) is 4.79 Å². The van der Waals surface area contributed by atoms with Crippen molar-refractivity contribution in [2.75, 3.05) is 5.32 Å². The van der Waals surface area contributed by atoms with Crippen molar-refractivity contribution in [1.29, 1.82) is 0 Å². The maximum Gasteiger partial charge on any atom is 0.328 e. The predicted octanol–water partition coefficient (Wildman–Crippen LogP) is 3.38. The van der Waals surface area contributed by atoms with E-state index in [9.17, 15) is 18.4 Å². The minimum atomic E-state index is -1.10. The second-order valence-corrected chi connectivity index (χ2v) is 4.93. The number of nitrogens with one attached hydrogen (secondary N) is 1. The number of benzene rings is 1. The van der Waals surface area contributed by atoms with Gasteiger partial charge >= 0.3 is 5.97 Å². The van der Waals surface area contributed by atoms with Gasteiger partial charge in [-0.2, -0.15) is 0 Å². The fraction of sp³-hybridized carbons (Fsp3) is 0. The molecule has 108 valence electrons. The van der Waals surface area contributed by atoms with Gasteiger partial charge in [0.1, 0.15) is 11.6 Å². The SMILES string of the molecule is O=C(O)C=Cc1cc(C(=O)Nc2cc(F)ccc2F)cs1. The van der Waals surface area contributed by atoms with Gasteiger partial charge in [0.25, 0.3) is 5.91 Å². The van der Waals surface area contributed by atoms with Crippen LogP contribution in [0.2, 0.25) is 0 Å². The summed E-state index contributed by atoms with van der Waals surface area (Å²) in [5, 5.41) is 12.3. The standard InChI is InChI=1S/C14H9F2NO3S/c15-9-1-3-11(16)12(6-9)17-14(20)8-5-10(21-7-8)2-4-13(18)19/h1-7H,(H,17,20)(H,18,19). The van der Waals surface area contributed by atoms with Crippen molar-refractivity contribution in [1.82, 2.24) is 0 Å². The molecular formula is C14H9F2NO3S. The van der Waals surface area contributed by atoms with Gasteiger partial charge in [0, 0.05) is 22.4 Å². The molecule has 0 aliphatic rings. The molecule has 0 aliphatic heterocycles. The van der Waals surface area contributed by atoms with Crippen LogP contribution in [0.15, 0.2) is 35.7 Å². The first-order valence-corrected chi connectivity index (χ1v) is 6.59. The van der Waals surface area contributed by atoms with Crippen LogP contribution < -0.4 is 5.32 Å². The Kier molecular flexibility index (Phi) is 4.44. The molecule has 1 amide bonds. The van der Waals surface area contributed by atoms with Crippen LogP contribution in [0, 0.1) is 11.6 Å². The van der Waals surface area contributed by atoms with E-state index in [1.54, 1.807) is 0 Å². The van der Waals surface area contributed by atoms with Crippen LogP contribution in [0.5, 0.6) is 0 Å². The lowest BCUT2D eigenvalue weighted by Gasteiger charge is -2.04. The van der Waals surface area contributed by atoms with E-state index < -0.39 is 23.5 Å². The number of rotatable bonds is 4. The topological polar surface area (TPSA) is 66.4 Å². The maximum absolute atomic E-state index is 13.4. The fourth-order valence-corrected chi connectivity index (χ4v) is 2.28. The summed E-state index contributed by atoms with van der Waals surface area (Å²) in [5.74, 6) is -3.12. The molecule has 21 heavy (non-hydrogen) atoms. The minimum absolute atomic E-state index is 0.230. The zero-order chi connectivity index (χ0) is 15.4. The van der Waals surface area contributed by atoms with Crippen molar-refractivity contribution in [2.45, 2.75) is 0 Å². The highest BCUT2D eigenvalue weighted by molar-refractivity contribution is 7.11. The molecule has 0 spiro atoms. The van der Waals surface area contributed by atoms with Gasteiger partial charge < -0.3 is 10.4 Å². The van der Waals surface area contributed by atoms with Crippen molar-refractivity contribution in [2.24, 2.45) is 0 Å². The summed E-state index contributed by atoms with van der Waals surface area (Å²) in [6, 6.07) is 4.20. The third kappa shape index (κ3) is 3.96. The van der Waals surface area contributed by atoms with Crippen molar-refractivity contribution < 1.29 is 23.5 Å². The minimum Gasteiger partial charge on any atom is -0.478 e. The van der Waals surface area contributed by atoms with Gasteiger partial charge in [-0.05, 0) is 24.3 Å². The number of thiophene rings is 1. The number of hydrogen-bond acceptors (Lipinski definition) is 3. The van der Waals surface area contributed by atoms with Crippen molar-refractivity contribution in [3.63, 3.8) is 0 Å². The summed E-state index contributed by atoms with van der Waals surface area (Å²) in [5.41, 5.74) is -0.0254. The van der Waals surface area contributed by atoms with Crippen molar-refractivity contribution >= 4 is 35.0 Å². The molecule has 1 aromatic carbocycles. The molecule has 0 bridgehead atoms. The molecule has 0 fully saturated rings. The number of carbonyl (C=O) groups is 2. The van der Waals surface area contributed by atoms with Gasteiger partial charge in [-0.25, -0.2) is 13.6 Å². The van der Waals surface area contributed by atoms with E-state index >= 15 is 0 Å². The Morgan fingerprint density at radius 2 is 2.00 bits per heavy atom. The molecule has 0 saturated carbocycles. The van der Waals surface area contributed by atoms with Crippen molar-refractivity contribution in [3.8, 4) is 0 Å². The normalized spacial score (nSPS) is 10.8. The second kappa shape index (κ2) is 6.27. The summed E-state index contributed by atoms with van der Waals surface area (Å²) in [4.78, 5) is 22.8. The molecule has 2 rings (SSSR count). The number of halogens is 2. The largest absolute Gasteiger partial charge is 0.478 e. The third-order valence-corrected chi connectivity index (χ3v) is 3.35. The first-order valence-electron chi connectivity index (χ1n) is 5.71. The highest BCUT2D eigenvalue weighted by Crippen LogP contribution is 2.20. The number of carboxylic acid groups (broad SMARTS) is 1. The maximum atomic E-state index is 13.4. The number of hydrogen-bond donors (Lipinski definition) is 2. The number of carboxylic acids is 1. The molecule has 2 aromatic rings. The molecule has 0 saturated heterocycles. The lowest BCUT2D eigenvalue weighted by Crippen LogP contribution is -2.12. The molecule has 7 heteroatoms. The Hall–Kier alpha value is -2.54. The third-order valence-electron chi connectivity index (χ3n) is 2.45. The van der Waals surface area contributed by atoms with Crippen LogP contribution in [0.3, 0.4) is 0 Å². The van der Waals surface area contributed by atoms with Crippen LogP contribution in [0.25, 0.3) is 6.08 Å². The quantitative estimate of drug-likeness (QED) is 0.851. The Morgan fingerprint density at radius 1 is 1.24 bits per heavy atom. The fourth-order valence-electron chi connectivity index (χ4n) is 1.50. The van der Waals surface area contributed by atoms with Crippen LogP contribution >= 0.6 is 11.3 Å². The Bertz CT molecular complexity index is 725. The summed E-state index contributed by atoms with van der Waals surface area (Å²) < 4.78 is 26.4. The molecular weight excluding hydrogens is 300 g/mol. The van der Waals surface area contributed by atoms with E-state index in [0.29, 0.717) is 4.88 Å². The summed E-state index contributed by atoms with van der Waals surface area (Å²) in [6.45, 7) is 0. The van der Waals surface area contributed by atoms with E-state index in [1.165, 1.54) is 17.5 Å². The highest BCUT2D eigenvalue weighted by Gasteiger charge is 2.11. The zero-order valence-electron chi connectivity index (χ0n) is 10.5. The van der Waals surface area contributed by atoms with Gasteiger partial charge in [0.2, 0.25) is 0 Å². The van der Waals surface area contributed by atoms with E-state index in [0.717, 1.165) is 35.6 Å². The Morgan fingerprint density at radius 3 is 2.71 bits per heavy atom. The van der Waals surface area contributed by atoms with E-state index in [4.69, 9.17) is 5.11 Å². The van der Waals surface area contributed by atoms with Gasteiger partial charge in [-0.3, -0.25) is 4.79 Å². The lowest BCUT2D eigenvalue weighted by atomic mass is 10.2. The van der Waals surface area contributed by atoms with Gasteiger partial charge in [-0.1, -0.05) is 0 Å². The molecule has 0 aliphatic carbocycles. The van der Waals surface area contributed by atoms with E-state index in [1.807, 2.05) is 0 Å². The first kappa shape index (κ1) is 14.9. The summed E-state index contributed by atoms with van der Waals surface area (Å²) in [6.07, 6.45) is 2.28. The van der Waals surface area contributed by atoms with E-state index in [2.05, 4.69) is 5.32 Å². The molecule has 2 N–H and O–H groups in total. The van der Waals surface area contributed by atoms with E-state index in [-0.39, 0.29) is 11.3 Å². The number of aliphatic carboxylic acids is 1. The van der Waals surface area contributed by atoms with Gasteiger partial charge in [-0.15, -0.1) is 11.3 Å². The molecule has 1 heterocycles. The summed E-state index contributed by atoms with van der Waals surface area (Å²) >= 11 is 1.16. The highest BCUT2D eigenvalue weighted by atomic mass is 32.1. The average Bonchev–Trinajstić information content (AvgIpc) is 2.89. The molecule has 1 aromatic heterocycles. The first-order chi connectivity index (χ1) is 9.95. The molecule has 0 atom stereocenters. The van der Waals surface area contributed by atoms with Crippen LogP contribution in [0.4, 0.5) is 14.5 Å². The molecule has 0 radical (unpaired) electrons. The van der Waals surface area contributed by atoms with Crippen LogP contribution in [0.1, 0.15) is 15.2 Å². The average molecular weight is 309 g/mol. The van der Waals surface area contributed by atoms with Gasteiger partial charge in [0.05, 0.1) is 11.3 Å². The Labute approximate surface area is 122 Å². The van der Waals surface area contributed by atoms with Gasteiger partial charge in [0.15, 0.2) is 0 Å². The number of amides is 1. The van der Waals surface area contributed by atoms with Crippen LogP contribution in [-0.4, -0.2) is 17.0 Å². The molecule has 0 unspecified atom stereocenters. The monoisotopic (exact) mass is 309 g/mol. The van der Waals surface area contributed by atoms with Crippen molar-refractivity contribution in [3.05, 3.63) is 57.8 Å².